The first kappa shape index (κ1) is 49.8. The fourth-order valence-electron chi connectivity index (χ4n) is 5.21. The number of hydrogen-bond donors (Lipinski definition) is 1. The van der Waals surface area contributed by atoms with Gasteiger partial charge in [-0.15, -0.1) is 0 Å². The highest BCUT2D eigenvalue weighted by Crippen LogP contribution is 2.11. The summed E-state index contributed by atoms with van der Waals surface area (Å²) in [6.45, 7) is 5.01. The van der Waals surface area contributed by atoms with E-state index in [4.69, 9.17) is 9.47 Å². The minimum absolute atomic E-state index is 0.207. The molecule has 0 heterocycles. The van der Waals surface area contributed by atoms with Crippen molar-refractivity contribution in [1.82, 2.24) is 0 Å². The Balaban J connectivity index is 3.59. The van der Waals surface area contributed by atoms with Crippen molar-refractivity contribution in [3.63, 3.8) is 0 Å². The van der Waals surface area contributed by atoms with Gasteiger partial charge in [0.2, 0.25) is 0 Å². The van der Waals surface area contributed by atoms with E-state index in [0.717, 1.165) is 89.9 Å². The molecule has 0 radical (unpaired) electrons. The average Bonchev–Trinajstić information content (AvgIpc) is 3.16. The lowest BCUT2D eigenvalue weighted by Crippen LogP contribution is -2.27. The summed E-state index contributed by atoms with van der Waals surface area (Å²) in [7, 11) is 0. The number of rotatable bonds is 37. The van der Waals surface area contributed by atoms with Crippen LogP contribution in [0.5, 0.6) is 0 Å². The van der Waals surface area contributed by atoms with Crippen LogP contribution in [0, 0.1) is 0 Å². The molecule has 0 aliphatic carbocycles. The molecule has 0 bridgehead atoms. The molecule has 4 heteroatoms. The van der Waals surface area contributed by atoms with Gasteiger partial charge in [0.15, 0.2) is 0 Å². The van der Waals surface area contributed by atoms with Gasteiger partial charge in [-0.05, 0) is 96.3 Å². The number of carbonyl (C=O) groups excluding carboxylic acids is 1. The number of hydrogen-bond acceptors (Lipinski definition) is 4. The lowest BCUT2D eigenvalue weighted by Gasteiger charge is -2.15. The number of ether oxygens (including phenoxy) is 2. The average molecular weight is 731 g/mol. The van der Waals surface area contributed by atoms with Crippen LogP contribution in [0.3, 0.4) is 0 Å². The third-order valence-electron chi connectivity index (χ3n) is 8.28. The predicted octanol–water partition coefficient (Wildman–Crippen LogP) is 14.1. The Bertz CT molecular complexity index is 1080. The molecule has 53 heavy (non-hydrogen) atoms. The molecule has 0 spiro atoms. The molecule has 0 saturated carbocycles. The smallest absolute Gasteiger partial charge is 0.306 e. The van der Waals surface area contributed by atoms with Crippen LogP contribution in [0.25, 0.3) is 0 Å². The Morgan fingerprint density at radius 1 is 0.453 bits per heavy atom. The van der Waals surface area contributed by atoms with Gasteiger partial charge in [0, 0.05) is 13.0 Å². The van der Waals surface area contributed by atoms with Crippen molar-refractivity contribution >= 4 is 5.97 Å². The number of aliphatic hydroxyl groups excluding tert-OH is 1. The molecule has 1 N–H and O–H groups in total. The molecule has 4 nitrogen and oxygen atoms in total. The van der Waals surface area contributed by atoms with E-state index >= 15 is 0 Å². The summed E-state index contributed by atoms with van der Waals surface area (Å²) in [6, 6.07) is 0. The molecule has 0 aromatic rings. The lowest BCUT2D eigenvalue weighted by atomic mass is 10.1. The van der Waals surface area contributed by atoms with Crippen molar-refractivity contribution in [2.45, 2.75) is 161 Å². The second-order valence-electron chi connectivity index (χ2n) is 13.3. The largest absolute Gasteiger partial charge is 0.457 e. The molecule has 0 fully saturated rings. The number of allylic oxidation sites excluding steroid dienone is 20. The highest BCUT2D eigenvalue weighted by molar-refractivity contribution is 5.69. The van der Waals surface area contributed by atoms with Crippen LogP contribution in [0.2, 0.25) is 0 Å². The summed E-state index contributed by atoms with van der Waals surface area (Å²) < 4.78 is 11.1. The van der Waals surface area contributed by atoms with E-state index in [0.29, 0.717) is 13.0 Å². The Kier molecular flexibility index (Phi) is 42.2. The second kappa shape index (κ2) is 44.9. The normalized spacial score (nSPS) is 13.6. The summed E-state index contributed by atoms with van der Waals surface area (Å²) in [5.41, 5.74) is 0. The van der Waals surface area contributed by atoms with Gasteiger partial charge >= 0.3 is 5.97 Å². The maximum atomic E-state index is 12.2. The van der Waals surface area contributed by atoms with Gasteiger partial charge in [0.05, 0.1) is 13.2 Å². The summed E-state index contributed by atoms with van der Waals surface area (Å²) in [6.07, 6.45) is 66.9. The zero-order valence-electron chi connectivity index (χ0n) is 34.0. The van der Waals surface area contributed by atoms with Crippen molar-refractivity contribution < 1.29 is 19.4 Å². The fraction of sp³-hybridized carbons (Fsp3) is 0.571. The van der Waals surface area contributed by atoms with E-state index in [2.05, 4.69) is 135 Å². The molecular formula is C49H78O4. The minimum Gasteiger partial charge on any atom is -0.457 e. The van der Waals surface area contributed by atoms with E-state index in [-0.39, 0.29) is 19.2 Å². The molecular weight excluding hydrogens is 653 g/mol. The molecule has 0 aromatic heterocycles. The topological polar surface area (TPSA) is 55.8 Å². The van der Waals surface area contributed by atoms with E-state index in [1.807, 2.05) is 0 Å². The van der Waals surface area contributed by atoms with Crippen LogP contribution in [-0.2, 0) is 14.3 Å². The zero-order valence-corrected chi connectivity index (χ0v) is 34.0. The number of carbonyl (C=O) groups is 1. The molecule has 1 unspecified atom stereocenters. The monoisotopic (exact) mass is 731 g/mol. The molecule has 0 aliphatic rings. The SMILES string of the molecule is CC/C=C\C/C=C\C/C=C\C/C=C\C/C=C\CCCCCCCCCCOCC(CO)OC(=O)CCC/C=C\C/C=C\C/C=C\C/C=C\C/C=C\CC. The van der Waals surface area contributed by atoms with Crippen LogP contribution in [0.15, 0.2) is 122 Å². The molecule has 0 rings (SSSR count). The van der Waals surface area contributed by atoms with Crippen molar-refractivity contribution in [2.75, 3.05) is 19.8 Å². The maximum absolute atomic E-state index is 12.2. The van der Waals surface area contributed by atoms with E-state index < -0.39 is 6.10 Å². The van der Waals surface area contributed by atoms with Crippen LogP contribution in [0.1, 0.15) is 155 Å². The van der Waals surface area contributed by atoms with Gasteiger partial charge in [-0.1, -0.05) is 174 Å². The van der Waals surface area contributed by atoms with Crippen LogP contribution in [0.4, 0.5) is 0 Å². The third kappa shape index (κ3) is 43.1. The predicted molar refractivity (Wildman–Crippen MR) is 232 cm³/mol. The van der Waals surface area contributed by atoms with Crippen molar-refractivity contribution in [3.8, 4) is 0 Å². The highest BCUT2D eigenvalue weighted by Gasteiger charge is 2.13. The van der Waals surface area contributed by atoms with Crippen molar-refractivity contribution in [1.29, 1.82) is 0 Å². The zero-order chi connectivity index (χ0) is 38.4. The molecule has 0 amide bonds. The molecule has 298 valence electrons. The van der Waals surface area contributed by atoms with Gasteiger partial charge in [0.1, 0.15) is 6.10 Å². The van der Waals surface area contributed by atoms with Crippen molar-refractivity contribution in [3.05, 3.63) is 122 Å². The van der Waals surface area contributed by atoms with E-state index in [1.165, 1.54) is 44.9 Å². The van der Waals surface area contributed by atoms with Gasteiger partial charge in [0.25, 0.3) is 0 Å². The first-order chi connectivity index (χ1) is 26.2. The highest BCUT2D eigenvalue weighted by atomic mass is 16.6. The van der Waals surface area contributed by atoms with Crippen LogP contribution < -0.4 is 0 Å². The van der Waals surface area contributed by atoms with Crippen LogP contribution in [-0.4, -0.2) is 37.0 Å². The lowest BCUT2D eigenvalue weighted by molar-refractivity contribution is -0.154. The van der Waals surface area contributed by atoms with Crippen molar-refractivity contribution in [2.24, 2.45) is 0 Å². The van der Waals surface area contributed by atoms with E-state index in [1.54, 1.807) is 0 Å². The molecule has 0 saturated heterocycles. The first-order valence-electron chi connectivity index (χ1n) is 21.1. The Morgan fingerprint density at radius 2 is 0.792 bits per heavy atom. The fourth-order valence-corrected chi connectivity index (χ4v) is 5.21. The number of esters is 1. The summed E-state index contributed by atoms with van der Waals surface area (Å²) in [5, 5.41) is 9.59. The minimum atomic E-state index is -0.578. The third-order valence-corrected chi connectivity index (χ3v) is 8.28. The quantitative estimate of drug-likeness (QED) is 0.0393. The molecule has 0 aromatic carbocycles. The Morgan fingerprint density at radius 3 is 1.19 bits per heavy atom. The summed E-state index contributed by atoms with van der Waals surface area (Å²) >= 11 is 0. The maximum Gasteiger partial charge on any atom is 0.306 e. The number of unbranched alkanes of at least 4 members (excludes halogenated alkanes) is 9. The van der Waals surface area contributed by atoms with Gasteiger partial charge < -0.3 is 14.6 Å². The Hall–Kier alpha value is -3.21. The van der Waals surface area contributed by atoms with Crippen LogP contribution >= 0.6 is 0 Å². The Labute approximate surface area is 327 Å². The molecule has 1 atom stereocenters. The van der Waals surface area contributed by atoms with Gasteiger partial charge in [-0.3, -0.25) is 4.79 Å². The van der Waals surface area contributed by atoms with Gasteiger partial charge in [-0.2, -0.15) is 0 Å². The van der Waals surface area contributed by atoms with Gasteiger partial charge in [-0.25, -0.2) is 0 Å². The molecule has 0 aliphatic heterocycles. The summed E-state index contributed by atoms with van der Waals surface area (Å²) in [4.78, 5) is 12.2. The standard InChI is InChI=1S/C49H78O4/c1-3-5-7-9-11-13-15-17-19-21-22-23-24-25-26-27-29-31-33-35-37-39-41-43-45-52-47-48(46-50)53-49(51)44-42-40-38-36-34-32-30-28-20-18-16-14-12-10-8-6-4-2/h5-8,11-14,17-20,22-23,25-26,30,32,36,38,48,50H,3-4,9-10,15-16,21,24,27-29,31,33-35,37,39-47H2,1-2H3/b7-5-,8-6-,13-11-,14-12-,19-17-,20-18-,23-22-,26-25-,32-30-,38-36-. The first-order valence-corrected chi connectivity index (χ1v) is 21.1. The number of aliphatic hydroxyl groups is 1. The summed E-state index contributed by atoms with van der Waals surface area (Å²) in [5.74, 6) is -0.266. The second-order valence-corrected chi connectivity index (χ2v) is 13.3. The van der Waals surface area contributed by atoms with E-state index in [9.17, 15) is 9.90 Å².